The summed E-state index contributed by atoms with van der Waals surface area (Å²) in [6.45, 7) is 3.38. The zero-order valence-corrected chi connectivity index (χ0v) is 11.4. The number of carbonyl (C=O) groups excluding carboxylic acids is 2. The molecule has 0 spiro atoms. The molecule has 20 heavy (non-hydrogen) atoms. The summed E-state index contributed by atoms with van der Waals surface area (Å²) in [6, 6.07) is 7.11. The summed E-state index contributed by atoms with van der Waals surface area (Å²) >= 11 is 0. The second kappa shape index (κ2) is 6.01. The van der Waals surface area contributed by atoms with Gasteiger partial charge in [0, 0.05) is 29.7 Å². The predicted molar refractivity (Wildman–Crippen MR) is 78.9 cm³/mol. The van der Waals surface area contributed by atoms with Crippen LogP contribution in [0.15, 0.2) is 29.4 Å². The van der Waals surface area contributed by atoms with E-state index >= 15 is 0 Å². The summed E-state index contributed by atoms with van der Waals surface area (Å²) in [5.74, 6) is -0.432. The Kier molecular flexibility index (Phi) is 4.14. The molecular formula is C14H16N4O2. The molecule has 1 aromatic heterocycles. The van der Waals surface area contributed by atoms with Crippen LogP contribution >= 0.6 is 0 Å². The van der Waals surface area contributed by atoms with Crippen molar-refractivity contribution in [3.63, 3.8) is 0 Å². The van der Waals surface area contributed by atoms with Crippen molar-refractivity contribution in [3.05, 3.63) is 30.0 Å². The normalized spacial score (nSPS) is 10.9. The van der Waals surface area contributed by atoms with Gasteiger partial charge in [-0.15, -0.1) is 0 Å². The number of carbonyl (C=O) groups is 2. The number of fused-ring (bicyclic) bond motifs is 1. The molecule has 2 aromatic rings. The highest BCUT2D eigenvalue weighted by atomic mass is 16.2. The molecule has 2 rings (SSSR count). The second-order valence-electron chi connectivity index (χ2n) is 4.33. The van der Waals surface area contributed by atoms with Crippen molar-refractivity contribution in [3.8, 4) is 0 Å². The van der Waals surface area contributed by atoms with E-state index < -0.39 is 0 Å². The lowest BCUT2D eigenvalue weighted by molar-refractivity contribution is -0.114. The predicted octanol–water partition coefficient (Wildman–Crippen LogP) is 2.25. The average molecular weight is 272 g/mol. The second-order valence-corrected chi connectivity index (χ2v) is 4.33. The Balaban J connectivity index is 2.22. The lowest BCUT2D eigenvalue weighted by Crippen LogP contribution is -2.17. The highest BCUT2D eigenvalue weighted by Gasteiger charge is 2.09. The minimum absolute atomic E-state index is 0.133. The summed E-state index contributed by atoms with van der Waals surface area (Å²) in [4.78, 5) is 25.8. The molecule has 0 aliphatic heterocycles. The third kappa shape index (κ3) is 3.23. The fourth-order valence-corrected chi connectivity index (χ4v) is 1.79. The van der Waals surface area contributed by atoms with E-state index in [4.69, 9.17) is 0 Å². The average Bonchev–Trinajstić information content (AvgIpc) is 2.81. The maximum absolute atomic E-state index is 11.8. The highest BCUT2D eigenvalue weighted by Crippen LogP contribution is 2.20. The first-order chi connectivity index (χ1) is 9.60. The molecule has 0 atom stereocenters. The van der Waals surface area contributed by atoms with E-state index in [1.165, 1.54) is 6.92 Å². The molecule has 1 heterocycles. The summed E-state index contributed by atoms with van der Waals surface area (Å²) in [7, 11) is 0. The molecule has 0 radical (unpaired) electrons. The topological polar surface area (TPSA) is 86.3 Å². The molecular weight excluding hydrogens is 256 g/mol. The Morgan fingerprint density at radius 3 is 2.85 bits per heavy atom. The molecule has 0 saturated carbocycles. The van der Waals surface area contributed by atoms with Crippen LogP contribution in [0.3, 0.4) is 0 Å². The fraction of sp³-hybridized carbons (Fsp3) is 0.214. The number of hydrazone groups is 1. The van der Waals surface area contributed by atoms with Crippen LogP contribution in [-0.2, 0) is 4.79 Å². The Hall–Kier alpha value is -2.63. The molecule has 0 aliphatic carbocycles. The minimum atomic E-state index is -0.299. The molecule has 0 aliphatic rings. The van der Waals surface area contributed by atoms with Crippen molar-refractivity contribution in [2.75, 3.05) is 5.32 Å². The van der Waals surface area contributed by atoms with Gasteiger partial charge in [-0.1, -0.05) is 6.92 Å². The maximum atomic E-state index is 11.8. The number of benzene rings is 1. The van der Waals surface area contributed by atoms with Gasteiger partial charge in [0.25, 0.3) is 5.91 Å². The van der Waals surface area contributed by atoms with Gasteiger partial charge in [0.2, 0.25) is 5.91 Å². The highest BCUT2D eigenvalue weighted by molar-refractivity contribution is 5.99. The Labute approximate surface area is 116 Å². The van der Waals surface area contributed by atoms with Gasteiger partial charge in [0.1, 0.15) is 5.69 Å². The van der Waals surface area contributed by atoms with Crippen LogP contribution in [0.25, 0.3) is 10.9 Å². The van der Waals surface area contributed by atoms with E-state index in [2.05, 4.69) is 20.8 Å². The van der Waals surface area contributed by atoms with E-state index in [0.29, 0.717) is 11.4 Å². The van der Waals surface area contributed by atoms with Gasteiger partial charge in [-0.05, 0) is 30.7 Å². The van der Waals surface area contributed by atoms with Crippen LogP contribution in [0, 0.1) is 0 Å². The number of nitrogens with zero attached hydrogens (tertiary/aromatic N) is 1. The number of nitrogens with one attached hydrogen (secondary N) is 3. The quantitative estimate of drug-likeness (QED) is 0.589. The largest absolute Gasteiger partial charge is 0.350 e. The molecule has 0 saturated heterocycles. The maximum Gasteiger partial charge on any atom is 0.287 e. The monoisotopic (exact) mass is 272 g/mol. The zero-order chi connectivity index (χ0) is 14.5. The van der Waals surface area contributed by atoms with Crippen molar-refractivity contribution in [2.45, 2.75) is 20.3 Å². The van der Waals surface area contributed by atoms with Crippen molar-refractivity contribution < 1.29 is 9.59 Å². The van der Waals surface area contributed by atoms with Crippen LogP contribution in [0.4, 0.5) is 5.69 Å². The number of anilines is 1. The number of amides is 2. The van der Waals surface area contributed by atoms with Crippen molar-refractivity contribution in [2.24, 2.45) is 5.10 Å². The zero-order valence-electron chi connectivity index (χ0n) is 11.4. The lowest BCUT2D eigenvalue weighted by atomic mass is 10.2. The number of rotatable bonds is 4. The SMILES string of the molecule is CCC=NNC(=O)c1cc2cc(NC(C)=O)ccc2[nH]1. The van der Waals surface area contributed by atoms with Gasteiger partial charge in [0.05, 0.1) is 0 Å². The van der Waals surface area contributed by atoms with Gasteiger partial charge >= 0.3 is 0 Å². The molecule has 6 heteroatoms. The van der Waals surface area contributed by atoms with E-state index in [9.17, 15) is 9.59 Å². The number of hydrogen-bond acceptors (Lipinski definition) is 3. The van der Waals surface area contributed by atoms with Gasteiger partial charge in [0.15, 0.2) is 0 Å². The number of H-pyrrole nitrogens is 1. The third-order valence-electron chi connectivity index (χ3n) is 2.63. The molecule has 0 unspecified atom stereocenters. The van der Waals surface area contributed by atoms with Crippen LogP contribution in [0.5, 0.6) is 0 Å². The summed E-state index contributed by atoms with van der Waals surface area (Å²) in [6.07, 6.45) is 2.38. The fourth-order valence-electron chi connectivity index (χ4n) is 1.79. The van der Waals surface area contributed by atoms with Gasteiger partial charge in [-0.25, -0.2) is 5.43 Å². The molecule has 2 amide bonds. The van der Waals surface area contributed by atoms with E-state index in [-0.39, 0.29) is 11.8 Å². The van der Waals surface area contributed by atoms with Crippen LogP contribution < -0.4 is 10.7 Å². The van der Waals surface area contributed by atoms with Crippen molar-refractivity contribution in [1.29, 1.82) is 0 Å². The van der Waals surface area contributed by atoms with Crippen molar-refractivity contribution in [1.82, 2.24) is 10.4 Å². The standard InChI is InChI=1S/C14H16N4O2/c1-3-6-15-18-14(20)13-8-10-7-11(16-9(2)19)4-5-12(10)17-13/h4-8,17H,3H2,1-2H3,(H,16,19)(H,18,20). The molecule has 3 N–H and O–H groups in total. The van der Waals surface area contributed by atoms with Crippen LogP contribution in [-0.4, -0.2) is 23.0 Å². The first-order valence-corrected chi connectivity index (χ1v) is 6.32. The summed E-state index contributed by atoms with van der Waals surface area (Å²) < 4.78 is 0. The first kappa shape index (κ1) is 13.8. The number of hydrogen-bond donors (Lipinski definition) is 3. The third-order valence-corrected chi connectivity index (χ3v) is 2.63. The Morgan fingerprint density at radius 1 is 1.35 bits per heavy atom. The van der Waals surface area contributed by atoms with Gasteiger partial charge in [-0.2, -0.15) is 5.10 Å². The summed E-state index contributed by atoms with van der Waals surface area (Å²) in [5.41, 5.74) is 4.38. The van der Waals surface area contributed by atoms with Crippen LogP contribution in [0.1, 0.15) is 30.8 Å². The first-order valence-electron chi connectivity index (χ1n) is 6.32. The Morgan fingerprint density at radius 2 is 2.15 bits per heavy atom. The van der Waals surface area contributed by atoms with Crippen LogP contribution in [0.2, 0.25) is 0 Å². The van der Waals surface area contributed by atoms with Crippen molar-refractivity contribution >= 4 is 34.6 Å². The molecule has 104 valence electrons. The number of aromatic nitrogens is 1. The molecule has 0 fully saturated rings. The minimum Gasteiger partial charge on any atom is -0.350 e. The van der Waals surface area contributed by atoms with E-state index in [1.54, 1.807) is 24.4 Å². The lowest BCUT2D eigenvalue weighted by Gasteiger charge is -2.00. The number of aromatic amines is 1. The molecule has 6 nitrogen and oxygen atoms in total. The van der Waals surface area contributed by atoms with E-state index in [0.717, 1.165) is 17.3 Å². The summed E-state index contributed by atoms with van der Waals surface area (Å²) in [5, 5.41) is 7.34. The smallest absolute Gasteiger partial charge is 0.287 e. The molecule has 1 aromatic carbocycles. The molecule has 0 bridgehead atoms. The Bertz CT molecular complexity index is 673. The van der Waals surface area contributed by atoms with E-state index in [1.807, 2.05) is 13.0 Å². The van der Waals surface area contributed by atoms with Gasteiger partial charge < -0.3 is 10.3 Å². The van der Waals surface area contributed by atoms with Gasteiger partial charge in [-0.3, -0.25) is 9.59 Å².